The van der Waals surface area contributed by atoms with Crippen molar-refractivity contribution in [2.75, 3.05) is 11.1 Å². The van der Waals surface area contributed by atoms with Gasteiger partial charge in [0.25, 0.3) is 0 Å². The van der Waals surface area contributed by atoms with E-state index < -0.39 is 5.82 Å². The van der Waals surface area contributed by atoms with Crippen LogP contribution in [0.25, 0.3) is 0 Å². The molecule has 0 aliphatic rings. The molecule has 0 aliphatic carbocycles. The molecule has 0 aromatic heterocycles. The maximum Gasteiger partial charge on any atom is 0.234 e. The molecule has 5 heteroatoms. The largest absolute Gasteiger partial charge is 0.325 e. The Morgan fingerprint density at radius 3 is 2.85 bits per heavy atom. The van der Waals surface area contributed by atoms with E-state index in [9.17, 15) is 9.18 Å². The van der Waals surface area contributed by atoms with Crippen molar-refractivity contribution in [3.8, 4) is 0 Å². The first-order valence-corrected chi connectivity index (χ1v) is 4.50. The van der Waals surface area contributed by atoms with Crippen LogP contribution in [0.15, 0.2) is 18.2 Å². The zero-order chi connectivity index (χ0) is 9.84. The van der Waals surface area contributed by atoms with E-state index >= 15 is 0 Å². The van der Waals surface area contributed by atoms with Gasteiger partial charge in [0.05, 0.1) is 10.8 Å². The minimum Gasteiger partial charge on any atom is -0.325 e. The van der Waals surface area contributed by atoms with Crippen molar-refractivity contribution in [1.82, 2.24) is 0 Å². The first-order valence-electron chi connectivity index (χ1n) is 3.49. The van der Waals surface area contributed by atoms with Gasteiger partial charge >= 0.3 is 0 Å². The fraction of sp³-hybridized carbons (Fsp3) is 0.125. The number of anilines is 1. The van der Waals surface area contributed by atoms with Crippen LogP contribution in [0.1, 0.15) is 0 Å². The maximum atomic E-state index is 12.7. The van der Waals surface area contributed by atoms with Gasteiger partial charge in [0.1, 0.15) is 5.82 Å². The highest BCUT2D eigenvalue weighted by Gasteiger charge is 2.02. The van der Waals surface area contributed by atoms with Crippen LogP contribution in [-0.4, -0.2) is 11.7 Å². The van der Waals surface area contributed by atoms with Gasteiger partial charge in [-0.25, -0.2) is 4.39 Å². The fourth-order valence-electron chi connectivity index (χ4n) is 0.774. The van der Waals surface area contributed by atoms with Crippen LogP contribution >= 0.6 is 24.2 Å². The number of nitrogens with one attached hydrogen (secondary N) is 1. The SMILES string of the molecule is O=C(CS)Nc1ccc(F)c(Cl)c1. The van der Waals surface area contributed by atoms with Crippen molar-refractivity contribution in [1.29, 1.82) is 0 Å². The molecular weight excluding hydrogens is 213 g/mol. The number of carbonyl (C=O) groups is 1. The average Bonchev–Trinajstić information content (AvgIpc) is 2.11. The van der Waals surface area contributed by atoms with E-state index in [2.05, 4.69) is 17.9 Å². The second kappa shape index (κ2) is 4.48. The number of rotatable bonds is 2. The van der Waals surface area contributed by atoms with E-state index in [0.29, 0.717) is 5.69 Å². The Morgan fingerprint density at radius 2 is 2.31 bits per heavy atom. The molecule has 0 heterocycles. The van der Waals surface area contributed by atoms with Gasteiger partial charge in [-0.05, 0) is 18.2 Å². The van der Waals surface area contributed by atoms with Crippen LogP contribution in [0.4, 0.5) is 10.1 Å². The molecule has 0 saturated carbocycles. The van der Waals surface area contributed by atoms with Crippen molar-refractivity contribution in [3.05, 3.63) is 29.0 Å². The highest BCUT2D eigenvalue weighted by molar-refractivity contribution is 7.81. The maximum absolute atomic E-state index is 12.7. The number of hydrogen-bond donors (Lipinski definition) is 2. The van der Waals surface area contributed by atoms with Gasteiger partial charge in [-0.3, -0.25) is 4.79 Å². The summed E-state index contributed by atoms with van der Waals surface area (Å²) in [7, 11) is 0. The summed E-state index contributed by atoms with van der Waals surface area (Å²) < 4.78 is 12.7. The van der Waals surface area contributed by atoms with Crippen molar-refractivity contribution in [2.45, 2.75) is 0 Å². The Hall–Kier alpha value is -0.740. The Labute approximate surface area is 85.5 Å². The summed E-state index contributed by atoms with van der Waals surface area (Å²) >= 11 is 9.27. The lowest BCUT2D eigenvalue weighted by Gasteiger charge is -2.03. The molecule has 0 radical (unpaired) electrons. The lowest BCUT2D eigenvalue weighted by atomic mass is 10.3. The quantitative estimate of drug-likeness (QED) is 0.735. The number of hydrogen-bond acceptors (Lipinski definition) is 2. The van der Waals surface area contributed by atoms with Gasteiger partial charge in [0.2, 0.25) is 5.91 Å². The minimum atomic E-state index is -0.509. The third kappa shape index (κ3) is 2.90. The van der Waals surface area contributed by atoms with Crippen molar-refractivity contribution in [3.63, 3.8) is 0 Å². The molecule has 0 saturated heterocycles. The van der Waals surface area contributed by atoms with E-state index in [1.807, 2.05) is 0 Å². The normalized spacial score (nSPS) is 9.77. The molecule has 0 aliphatic heterocycles. The van der Waals surface area contributed by atoms with Crippen molar-refractivity contribution in [2.24, 2.45) is 0 Å². The number of carbonyl (C=O) groups excluding carboxylic acids is 1. The molecule has 2 nitrogen and oxygen atoms in total. The Morgan fingerprint density at radius 1 is 1.62 bits per heavy atom. The molecule has 1 N–H and O–H groups in total. The molecule has 1 rings (SSSR count). The topological polar surface area (TPSA) is 29.1 Å². The molecule has 0 bridgehead atoms. The van der Waals surface area contributed by atoms with Crippen molar-refractivity contribution < 1.29 is 9.18 Å². The monoisotopic (exact) mass is 219 g/mol. The highest BCUT2D eigenvalue weighted by Crippen LogP contribution is 2.19. The summed E-state index contributed by atoms with van der Waals surface area (Å²) in [6.07, 6.45) is 0. The molecule has 1 aromatic carbocycles. The second-order valence-electron chi connectivity index (χ2n) is 2.34. The fourth-order valence-corrected chi connectivity index (χ4v) is 1.03. The predicted molar refractivity (Wildman–Crippen MR) is 53.9 cm³/mol. The molecule has 1 amide bonds. The summed E-state index contributed by atoms with van der Waals surface area (Å²) in [6, 6.07) is 3.97. The highest BCUT2D eigenvalue weighted by atomic mass is 35.5. The van der Waals surface area contributed by atoms with E-state index in [1.165, 1.54) is 18.2 Å². The predicted octanol–water partition coefficient (Wildman–Crippen LogP) is 2.35. The molecule has 0 atom stereocenters. The number of benzene rings is 1. The zero-order valence-corrected chi connectivity index (χ0v) is 8.20. The third-order valence-corrected chi connectivity index (χ3v) is 1.92. The first kappa shape index (κ1) is 10.3. The Balaban J connectivity index is 2.79. The average molecular weight is 220 g/mol. The summed E-state index contributed by atoms with van der Waals surface area (Å²) in [5.41, 5.74) is 0.463. The van der Waals surface area contributed by atoms with Crippen LogP contribution in [0.2, 0.25) is 5.02 Å². The van der Waals surface area contributed by atoms with E-state index in [-0.39, 0.29) is 16.7 Å². The summed E-state index contributed by atoms with van der Waals surface area (Å²) in [5, 5.41) is 2.48. The van der Waals surface area contributed by atoms with E-state index in [4.69, 9.17) is 11.6 Å². The summed E-state index contributed by atoms with van der Waals surface area (Å²) in [6.45, 7) is 0. The lowest BCUT2D eigenvalue weighted by Crippen LogP contribution is -2.12. The van der Waals surface area contributed by atoms with E-state index in [1.54, 1.807) is 0 Å². The third-order valence-electron chi connectivity index (χ3n) is 1.35. The molecule has 0 spiro atoms. The molecule has 13 heavy (non-hydrogen) atoms. The van der Waals surface area contributed by atoms with Crippen LogP contribution in [0.5, 0.6) is 0 Å². The number of amides is 1. The molecule has 1 aromatic rings. The summed E-state index contributed by atoms with van der Waals surface area (Å²) in [5.74, 6) is -0.689. The lowest BCUT2D eigenvalue weighted by molar-refractivity contribution is -0.113. The van der Waals surface area contributed by atoms with Gasteiger partial charge in [-0.2, -0.15) is 12.6 Å². The zero-order valence-electron chi connectivity index (χ0n) is 6.55. The van der Waals surface area contributed by atoms with Gasteiger partial charge in [0, 0.05) is 5.69 Å². The summed E-state index contributed by atoms with van der Waals surface area (Å²) in [4.78, 5) is 10.9. The molecular formula is C8H7ClFNOS. The minimum absolute atomic E-state index is 0.0167. The second-order valence-corrected chi connectivity index (χ2v) is 3.06. The molecule has 0 unspecified atom stereocenters. The number of thiol groups is 1. The van der Waals surface area contributed by atoms with Gasteiger partial charge in [0.15, 0.2) is 0 Å². The van der Waals surface area contributed by atoms with Crippen LogP contribution in [0, 0.1) is 5.82 Å². The van der Waals surface area contributed by atoms with Gasteiger partial charge in [-0.15, -0.1) is 0 Å². The number of halogens is 2. The van der Waals surface area contributed by atoms with E-state index in [0.717, 1.165) is 0 Å². The van der Waals surface area contributed by atoms with Crippen LogP contribution in [-0.2, 0) is 4.79 Å². The van der Waals surface area contributed by atoms with Crippen LogP contribution < -0.4 is 5.32 Å². The Kier molecular flexibility index (Phi) is 3.57. The smallest absolute Gasteiger partial charge is 0.234 e. The molecule has 70 valence electrons. The molecule has 0 fully saturated rings. The standard InChI is InChI=1S/C8H7ClFNOS/c9-6-3-5(1-2-7(6)10)11-8(12)4-13/h1-3,13H,4H2,(H,11,12). The van der Waals surface area contributed by atoms with Gasteiger partial charge in [-0.1, -0.05) is 11.6 Å². The Bertz CT molecular complexity index is 332. The first-order chi connectivity index (χ1) is 6.13. The van der Waals surface area contributed by atoms with Crippen LogP contribution in [0.3, 0.4) is 0 Å². The van der Waals surface area contributed by atoms with Gasteiger partial charge < -0.3 is 5.32 Å². The van der Waals surface area contributed by atoms with Crippen molar-refractivity contribution >= 4 is 35.8 Å².